The third-order valence-corrected chi connectivity index (χ3v) is 8.90. The zero-order chi connectivity index (χ0) is 26.0. The Bertz CT molecular complexity index is 1680. The van der Waals surface area contributed by atoms with Gasteiger partial charge in [0.05, 0.1) is 22.2 Å². The molecule has 0 saturated carbocycles. The molecule has 0 saturated heterocycles. The van der Waals surface area contributed by atoms with Crippen molar-refractivity contribution in [1.82, 2.24) is 15.0 Å². The van der Waals surface area contributed by atoms with E-state index >= 15 is 0 Å². The normalized spacial score (nSPS) is 12.5. The molecule has 1 atom stereocenters. The first-order valence-electron chi connectivity index (χ1n) is 12.0. The first-order valence-corrected chi connectivity index (χ1v) is 15.1. The Morgan fingerprint density at radius 2 is 1.49 bits per heavy atom. The second-order valence-electron chi connectivity index (χ2n) is 9.13. The van der Waals surface area contributed by atoms with E-state index in [1.165, 1.54) is 11.2 Å². The minimum Gasteiger partial charge on any atom is -0.256 e. The Balaban J connectivity index is 1.62. The van der Waals surface area contributed by atoms with E-state index in [9.17, 15) is 8.42 Å². The monoisotopic (exact) mass is 525 g/mol. The van der Waals surface area contributed by atoms with Crippen LogP contribution in [0.15, 0.2) is 96.3 Å². The molecule has 0 aliphatic rings. The summed E-state index contributed by atoms with van der Waals surface area (Å²) >= 11 is 1.70. The second kappa shape index (κ2) is 10.4. The van der Waals surface area contributed by atoms with Gasteiger partial charge in [0.15, 0.2) is 0 Å². The van der Waals surface area contributed by atoms with Gasteiger partial charge in [-0.3, -0.25) is 15.0 Å². The van der Waals surface area contributed by atoms with Gasteiger partial charge in [-0.05, 0) is 67.1 Å². The maximum atomic E-state index is 12.1. The molecule has 37 heavy (non-hydrogen) atoms. The summed E-state index contributed by atoms with van der Waals surface area (Å²) < 4.78 is 24.2. The summed E-state index contributed by atoms with van der Waals surface area (Å²) in [5.41, 5.74) is 7.39. The molecule has 0 aliphatic heterocycles. The minimum absolute atomic E-state index is 0.441. The van der Waals surface area contributed by atoms with Crippen LogP contribution in [0.25, 0.3) is 44.5 Å². The average molecular weight is 526 g/mol. The van der Waals surface area contributed by atoms with Gasteiger partial charge in [-0.15, -0.1) is 11.8 Å². The van der Waals surface area contributed by atoms with Crippen molar-refractivity contribution >= 4 is 32.5 Å². The van der Waals surface area contributed by atoms with Crippen LogP contribution in [-0.2, 0) is 16.3 Å². The third-order valence-electron chi connectivity index (χ3n) is 6.53. The van der Waals surface area contributed by atoms with Gasteiger partial charge in [-0.1, -0.05) is 36.4 Å². The molecular formula is C30H27N3O2S2. The predicted molar refractivity (Wildman–Crippen MR) is 153 cm³/mol. The van der Waals surface area contributed by atoms with Crippen molar-refractivity contribution in [3.8, 4) is 33.6 Å². The number of sulfone groups is 1. The molecule has 1 unspecified atom stereocenters. The van der Waals surface area contributed by atoms with Crippen LogP contribution in [0.3, 0.4) is 0 Å². The highest BCUT2D eigenvalue weighted by Crippen LogP contribution is 2.34. The summed E-state index contributed by atoms with van der Waals surface area (Å²) in [6.07, 6.45) is 9.01. The molecule has 186 valence electrons. The molecule has 7 heteroatoms. The van der Waals surface area contributed by atoms with E-state index in [0.717, 1.165) is 50.1 Å². The maximum Gasteiger partial charge on any atom is 0.150 e. The SMILES string of the molecule is CSc1ccc(-c2nccnc2-c2cccc(-c3cc(CC(C)S(C)(=O)=O)cc4cccnc34)c2)cc1. The molecule has 5 rings (SSSR count). The topological polar surface area (TPSA) is 72.8 Å². The van der Waals surface area contributed by atoms with Crippen molar-refractivity contribution in [3.63, 3.8) is 0 Å². The summed E-state index contributed by atoms with van der Waals surface area (Å²) in [5, 5.41) is 0.510. The van der Waals surface area contributed by atoms with E-state index in [1.54, 1.807) is 37.3 Å². The van der Waals surface area contributed by atoms with E-state index in [2.05, 4.69) is 58.7 Å². The van der Waals surface area contributed by atoms with Gasteiger partial charge in [-0.2, -0.15) is 0 Å². The van der Waals surface area contributed by atoms with Crippen molar-refractivity contribution in [2.45, 2.75) is 23.5 Å². The summed E-state index contributed by atoms with van der Waals surface area (Å²) in [5.74, 6) is 0. The lowest BCUT2D eigenvalue weighted by Crippen LogP contribution is -2.18. The number of thioether (sulfide) groups is 1. The fourth-order valence-corrected chi connectivity index (χ4v) is 5.32. The predicted octanol–water partition coefficient (Wildman–Crippen LogP) is 6.72. The lowest BCUT2D eigenvalue weighted by atomic mass is 9.95. The number of benzene rings is 3. The molecular weight excluding hydrogens is 498 g/mol. The summed E-state index contributed by atoms with van der Waals surface area (Å²) in [7, 11) is -3.14. The van der Waals surface area contributed by atoms with E-state index in [4.69, 9.17) is 4.98 Å². The Hall–Kier alpha value is -3.55. The Morgan fingerprint density at radius 1 is 0.784 bits per heavy atom. The Morgan fingerprint density at radius 3 is 2.19 bits per heavy atom. The van der Waals surface area contributed by atoms with Crippen LogP contribution in [-0.4, -0.2) is 41.1 Å². The highest BCUT2D eigenvalue weighted by molar-refractivity contribution is 7.98. The quantitative estimate of drug-likeness (QED) is 0.220. The molecule has 0 amide bonds. The highest BCUT2D eigenvalue weighted by atomic mass is 32.2. The van der Waals surface area contributed by atoms with Crippen LogP contribution < -0.4 is 0 Å². The lowest BCUT2D eigenvalue weighted by molar-refractivity contribution is 0.588. The Kier molecular flexibility index (Phi) is 7.09. The summed E-state index contributed by atoms with van der Waals surface area (Å²) in [4.78, 5) is 15.2. The average Bonchev–Trinajstić information content (AvgIpc) is 2.92. The van der Waals surface area contributed by atoms with Crippen LogP contribution in [0, 0.1) is 0 Å². The number of hydrogen-bond acceptors (Lipinski definition) is 6. The molecule has 0 N–H and O–H groups in total. The van der Waals surface area contributed by atoms with Crippen LogP contribution >= 0.6 is 11.8 Å². The van der Waals surface area contributed by atoms with Crippen LogP contribution in [0.1, 0.15) is 12.5 Å². The molecule has 2 heterocycles. The zero-order valence-corrected chi connectivity index (χ0v) is 22.6. The molecule has 0 radical (unpaired) electrons. The van der Waals surface area contributed by atoms with Gasteiger partial charge >= 0.3 is 0 Å². The van der Waals surface area contributed by atoms with Crippen molar-refractivity contribution in [1.29, 1.82) is 0 Å². The smallest absolute Gasteiger partial charge is 0.150 e. The van der Waals surface area contributed by atoms with Gasteiger partial charge in [-0.25, -0.2) is 8.42 Å². The molecule has 5 aromatic rings. The van der Waals surface area contributed by atoms with Gasteiger partial charge in [0.25, 0.3) is 0 Å². The van der Waals surface area contributed by atoms with E-state index < -0.39 is 15.1 Å². The molecule has 2 aromatic heterocycles. The van der Waals surface area contributed by atoms with Crippen LogP contribution in [0.5, 0.6) is 0 Å². The Labute approximate surface area is 222 Å². The fraction of sp³-hybridized carbons (Fsp3) is 0.167. The third kappa shape index (κ3) is 5.43. The van der Waals surface area contributed by atoms with E-state index in [-0.39, 0.29) is 0 Å². The van der Waals surface area contributed by atoms with E-state index in [1.807, 2.05) is 30.3 Å². The highest BCUT2D eigenvalue weighted by Gasteiger charge is 2.18. The molecule has 0 spiro atoms. The van der Waals surface area contributed by atoms with Crippen molar-refractivity contribution < 1.29 is 8.42 Å². The van der Waals surface area contributed by atoms with Gasteiger partial charge in [0, 0.05) is 51.8 Å². The number of aromatic nitrogens is 3. The number of nitrogens with zero attached hydrogens (tertiary/aromatic N) is 3. The molecule has 0 bridgehead atoms. The number of fused-ring (bicyclic) bond motifs is 1. The molecule has 5 nitrogen and oxygen atoms in total. The van der Waals surface area contributed by atoms with Gasteiger partial charge < -0.3 is 0 Å². The first-order chi connectivity index (χ1) is 17.8. The number of rotatable bonds is 7. The summed E-state index contributed by atoms with van der Waals surface area (Å²) in [6, 6.07) is 24.6. The number of hydrogen-bond donors (Lipinski definition) is 0. The standard InChI is InChI=1S/C30H27N3O2S2/c1-20(37(3,34)35)16-21-17-24-8-5-13-31-28(24)27(18-21)23-6-4-7-25(19-23)30-29(32-14-15-33-30)22-9-11-26(36-2)12-10-22/h4-15,17-20H,16H2,1-3H3. The fourth-order valence-electron chi connectivity index (χ4n) is 4.42. The van der Waals surface area contributed by atoms with Crippen LogP contribution in [0.2, 0.25) is 0 Å². The molecule has 0 fully saturated rings. The minimum atomic E-state index is -3.14. The van der Waals surface area contributed by atoms with E-state index in [0.29, 0.717) is 6.42 Å². The first kappa shape index (κ1) is 25.1. The number of pyridine rings is 1. The maximum absolute atomic E-state index is 12.1. The van der Waals surface area contributed by atoms with Crippen molar-refractivity contribution in [3.05, 3.63) is 97.0 Å². The molecule has 3 aromatic carbocycles. The second-order valence-corrected chi connectivity index (χ2v) is 12.5. The molecule has 0 aliphatic carbocycles. The van der Waals surface area contributed by atoms with Crippen molar-refractivity contribution in [2.75, 3.05) is 12.5 Å². The van der Waals surface area contributed by atoms with Gasteiger partial charge in [0.2, 0.25) is 0 Å². The van der Waals surface area contributed by atoms with Crippen molar-refractivity contribution in [2.24, 2.45) is 0 Å². The zero-order valence-electron chi connectivity index (χ0n) is 20.9. The lowest BCUT2D eigenvalue weighted by Gasteiger charge is -2.14. The summed E-state index contributed by atoms with van der Waals surface area (Å²) in [6.45, 7) is 1.75. The largest absolute Gasteiger partial charge is 0.256 e. The van der Waals surface area contributed by atoms with Crippen LogP contribution in [0.4, 0.5) is 0 Å². The van der Waals surface area contributed by atoms with Gasteiger partial charge in [0.1, 0.15) is 9.84 Å².